The minimum absolute atomic E-state index is 0.129. The minimum atomic E-state index is -8.04. The van der Waals surface area contributed by atoms with Crippen LogP contribution in [0.5, 0.6) is 0 Å². The van der Waals surface area contributed by atoms with E-state index in [1.807, 2.05) is 0 Å². The van der Waals surface area contributed by atoms with Crippen LogP contribution in [-0.4, -0.2) is 49.9 Å². The number of halogens is 6. The molecule has 13 heteroatoms. The quantitative estimate of drug-likeness (QED) is 0.124. The van der Waals surface area contributed by atoms with Gasteiger partial charge in [0.1, 0.15) is 0 Å². The number of hydrogen-bond acceptors (Lipinski definition) is 0. The molecule has 0 N–H and O–H groups in total. The molecular weight excluding hydrogens is 1640 g/mol. The molecule has 8 aliphatic carbocycles. The van der Waals surface area contributed by atoms with Crippen LogP contribution in [-0.2, 0) is 40.3 Å². The van der Waals surface area contributed by atoms with Crippen LogP contribution in [0.15, 0.2) is 237 Å². The monoisotopic (exact) mass is 1750 g/mol. The summed E-state index contributed by atoms with van der Waals surface area (Å²) < 4.78 is -3.17. The Morgan fingerprint density at radius 3 is 0.699 bits per heavy atom. The van der Waals surface area contributed by atoms with Crippen molar-refractivity contribution in [2.24, 2.45) is 0 Å². The predicted molar refractivity (Wildman–Crippen MR) is 471 cm³/mol. The molecule has 2 saturated heterocycles. The Morgan fingerprint density at radius 2 is 0.524 bits per heavy atom. The van der Waals surface area contributed by atoms with E-state index in [0.717, 1.165) is 45.8 Å². The zero-order valence-corrected chi connectivity index (χ0v) is 79.7. The van der Waals surface area contributed by atoms with Gasteiger partial charge in [0.05, 0.1) is 0 Å². The molecule has 5 spiro atoms. The van der Waals surface area contributed by atoms with E-state index < -0.39 is 75.7 Å². The van der Waals surface area contributed by atoms with Gasteiger partial charge in [-0.2, -0.15) is 0 Å². The fourth-order valence-corrected chi connectivity index (χ4v) is 210. The molecule has 0 bridgehead atoms. The van der Waals surface area contributed by atoms with Crippen LogP contribution in [0, 0.1) is 0 Å². The third kappa shape index (κ3) is 9.19. The van der Waals surface area contributed by atoms with Crippen molar-refractivity contribution in [3.63, 3.8) is 0 Å². The van der Waals surface area contributed by atoms with Crippen LogP contribution in [0.25, 0.3) is 0 Å². The van der Waals surface area contributed by atoms with Gasteiger partial charge in [0, 0.05) is 0 Å². The van der Waals surface area contributed by atoms with E-state index in [2.05, 4.69) is 317 Å². The Morgan fingerprint density at radius 1 is 0.330 bits per heavy atom. The molecule has 2 heterocycles. The van der Waals surface area contributed by atoms with Crippen LogP contribution in [0.4, 0.5) is 0 Å². The molecule has 0 nitrogen and oxygen atoms in total. The average molecular weight is 1750 g/mol. The van der Waals surface area contributed by atoms with Crippen molar-refractivity contribution in [1.29, 1.82) is 0 Å². The molecule has 8 atom stereocenters. The zero-order valence-electron chi connectivity index (χ0n) is 65.2. The molecule has 8 unspecified atom stereocenters. The van der Waals surface area contributed by atoms with E-state index >= 15 is 0 Å². The van der Waals surface area contributed by atoms with E-state index in [0.29, 0.717) is 0 Å². The molecule has 14 rings (SSSR count). The van der Waals surface area contributed by atoms with Crippen LogP contribution in [0.2, 0.25) is 123 Å². The van der Waals surface area contributed by atoms with Gasteiger partial charge in [0.2, 0.25) is 0 Å². The summed E-state index contributed by atoms with van der Waals surface area (Å²) in [7, 11) is 10.6. The van der Waals surface area contributed by atoms with Crippen LogP contribution in [0.1, 0.15) is 124 Å². The van der Waals surface area contributed by atoms with Crippen molar-refractivity contribution in [3.8, 4) is 0 Å². The summed E-state index contributed by atoms with van der Waals surface area (Å²) in [5, 5.41) is 9.00. The van der Waals surface area contributed by atoms with Crippen LogP contribution < -0.4 is 20.7 Å². The third-order valence-corrected chi connectivity index (χ3v) is 155. The SMILES string of the molecule is CCc1cc(C2C=CC=CC3=C2C=C(C)[C]32[SiH](C)[C]3(C(C)=CC4=C3C=CC=CC4c3cc(Cl)c([Si](C)(C)C)c(CC)c3)[Hf]23([Cl])([Cl])[C]2(C(C)=CC4=C2C=CC=CC4c2cc(Cl)c([Si](C)(C)C)c(CC)c2)[SiH](C)[C]32C(C)=CC3=C2C=CC=CC3c2cc(Cl)c([Si](C)(C)C)c(CC)c2)cc(Cl)c1[Si](C)(C)C. The summed E-state index contributed by atoms with van der Waals surface area (Å²) in [5.41, 5.74) is 26.4. The fourth-order valence-electron chi connectivity index (χ4n) is 25.8. The number of fused-ring (bicyclic) bond motifs is 8. The van der Waals surface area contributed by atoms with Gasteiger partial charge in [-0.05, 0) is 0 Å². The van der Waals surface area contributed by atoms with Gasteiger partial charge in [-0.1, -0.05) is 0 Å². The Kier molecular flexibility index (Phi) is 18.6. The molecule has 0 saturated carbocycles. The summed E-state index contributed by atoms with van der Waals surface area (Å²) in [6.45, 7) is 54.1. The molecule has 10 aliphatic rings. The van der Waals surface area contributed by atoms with Gasteiger partial charge in [-0.15, -0.1) is 0 Å². The van der Waals surface area contributed by atoms with Crippen LogP contribution in [0.3, 0.4) is 0 Å². The first-order chi connectivity index (χ1) is 48.2. The summed E-state index contributed by atoms with van der Waals surface area (Å²) in [4.78, 5) is 0. The van der Waals surface area contributed by atoms with Gasteiger partial charge in [-0.25, -0.2) is 0 Å². The summed E-state index contributed by atoms with van der Waals surface area (Å²) in [5.74, 6) is -0.518. The topological polar surface area (TPSA) is 0 Å². The standard InChI is InChI=1S/2C45H54Cl2Si3.2ClH.Hf/c2*1-12-30-24-32(26-40(46)44(30)49(6,7)8)34-18-14-16-20-36-38(34)22-28(3)42(36)48(5)43-29(4)23-39-35(19-15-17-21-37(39)43)33-25-31(13-2)45(41(47)27-33)50(9,10)11;;;/h2*14-27,34-35,48H,12-13H2,1-11H3;2*1H;/q;;;;+2/p-2. The summed E-state index contributed by atoms with van der Waals surface area (Å²) >= 11 is 23.1. The molecule has 4 aromatic rings. The predicted octanol–water partition coefficient (Wildman–Crippen LogP) is 25.8. The first kappa shape index (κ1) is 76.4. The maximum atomic E-state index is 11.7. The molecule has 2 fully saturated rings. The molecular formula is C90H108Cl6HfSi6. The van der Waals surface area contributed by atoms with Crippen molar-refractivity contribution in [2.45, 2.75) is 208 Å². The Hall–Kier alpha value is -3.37. The molecule has 0 amide bonds. The Labute approximate surface area is 651 Å². The van der Waals surface area contributed by atoms with Gasteiger partial charge in [0.15, 0.2) is 0 Å². The summed E-state index contributed by atoms with van der Waals surface area (Å²) in [6.07, 6.45) is 53.2. The van der Waals surface area contributed by atoms with Crippen molar-refractivity contribution in [1.82, 2.24) is 0 Å². The summed E-state index contributed by atoms with van der Waals surface area (Å²) in [6, 6.07) is 19.5. The number of aryl methyl sites for hydroxylation is 4. The number of hydrogen-bond donors (Lipinski definition) is 0. The van der Waals surface area contributed by atoms with Crippen molar-refractivity contribution < 1.29 is 14.7 Å². The Bertz CT molecular complexity index is 4410. The van der Waals surface area contributed by atoms with Gasteiger partial charge in [0.25, 0.3) is 0 Å². The molecule has 4 aromatic carbocycles. The van der Waals surface area contributed by atoms with Crippen LogP contribution >= 0.6 is 63.6 Å². The molecule has 103 heavy (non-hydrogen) atoms. The average Bonchev–Trinajstić information content (AvgIpc) is 1.52. The molecule has 2 aliphatic heterocycles. The van der Waals surface area contributed by atoms with Crippen molar-refractivity contribution in [2.75, 3.05) is 0 Å². The number of rotatable bonds is 12. The third-order valence-electron chi connectivity index (χ3n) is 27.9. The maximum absolute atomic E-state index is 11.7. The molecule has 538 valence electrons. The second kappa shape index (κ2) is 25.1. The Balaban J connectivity index is 1.19. The number of allylic oxidation sites excluding steroid dienone is 32. The van der Waals surface area contributed by atoms with Crippen molar-refractivity contribution in [3.05, 3.63) is 302 Å². The van der Waals surface area contributed by atoms with Gasteiger partial charge in [-0.3, -0.25) is 0 Å². The van der Waals surface area contributed by atoms with E-state index in [9.17, 15) is 17.2 Å². The van der Waals surface area contributed by atoms with Gasteiger partial charge >= 0.3 is 658 Å². The van der Waals surface area contributed by atoms with E-state index in [1.165, 1.54) is 132 Å². The number of benzene rings is 4. The first-order valence-electron chi connectivity index (χ1n) is 38.4. The van der Waals surface area contributed by atoms with E-state index in [1.54, 1.807) is 0 Å². The second-order valence-corrected chi connectivity index (χ2v) is 112. The van der Waals surface area contributed by atoms with E-state index in [-0.39, 0.29) is 23.7 Å². The van der Waals surface area contributed by atoms with E-state index in [4.69, 9.17) is 46.4 Å². The van der Waals surface area contributed by atoms with Gasteiger partial charge < -0.3 is 0 Å². The molecule has 0 radical (unpaired) electrons. The molecule has 0 aromatic heterocycles. The fraction of sp³-hybridized carbons (Fsp3) is 0.378. The zero-order chi connectivity index (χ0) is 74.7. The van der Waals surface area contributed by atoms with Crippen molar-refractivity contribution >= 4 is 134 Å². The first-order valence-corrected chi connectivity index (χ1v) is 74.6. The second-order valence-electron chi connectivity index (χ2n) is 36.5. The normalized spacial score (nSPS) is 30.4.